The van der Waals surface area contributed by atoms with Crippen LogP contribution in [0.1, 0.15) is 20.3 Å². The van der Waals surface area contributed by atoms with Gasteiger partial charge < -0.3 is 8.94 Å². The maximum Gasteiger partial charge on any atom is 0.440 e. The molecule has 1 heterocycles. The van der Waals surface area contributed by atoms with Crippen molar-refractivity contribution in [1.82, 2.24) is 0 Å². The second kappa shape index (κ2) is 8.32. The summed E-state index contributed by atoms with van der Waals surface area (Å²) in [6, 6.07) is 10.8. The molecule has 0 aliphatic carbocycles. The number of hydrogen-bond acceptors (Lipinski definition) is 6. The predicted molar refractivity (Wildman–Crippen MR) is 112 cm³/mol. The zero-order valence-electron chi connectivity index (χ0n) is 14.4. The molecule has 0 N–H and O–H groups in total. The van der Waals surface area contributed by atoms with Crippen LogP contribution in [-0.2, 0) is 9.09 Å². The van der Waals surface area contributed by atoms with Crippen LogP contribution in [0.5, 0.6) is 5.75 Å². The molecule has 26 heavy (non-hydrogen) atoms. The lowest BCUT2D eigenvalue weighted by Crippen LogP contribution is -1.97. The predicted octanol–water partition coefficient (Wildman–Crippen LogP) is 7.64. The molecule has 0 aliphatic rings. The fourth-order valence-electron chi connectivity index (χ4n) is 2.45. The summed E-state index contributed by atoms with van der Waals surface area (Å²) >= 11 is 13.1. The van der Waals surface area contributed by atoms with Crippen molar-refractivity contribution in [3.8, 4) is 5.75 Å². The van der Waals surface area contributed by atoms with Crippen molar-refractivity contribution in [2.24, 2.45) is 0 Å². The van der Waals surface area contributed by atoms with E-state index in [1.807, 2.05) is 31.2 Å². The van der Waals surface area contributed by atoms with E-state index in [4.69, 9.17) is 37.3 Å². The Morgan fingerprint density at radius 3 is 2.69 bits per heavy atom. The number of para-hydroxylation sites is 1. The smallest absolute Gasteiger partial charge is 0.440 e. The van der Waals surface area contributed by atoms with Gasteiger partial charge >= 0.3 is 6.80 Å². The van der Waals surface area contributed by atoms with Gasteiger partial charge in [0.25, 0.3) is 0 Å². The van der Waals surface area contributed by atoms with Crippen LogP contribution < -0.4 is 4.52 Å². The molecule has 8 heteroatoms. The van der Waals surface area contributed by atoms with Crippen molar-refractivity contribution < 1.29 is 18.0 Å². The summed E-state index contributed by atoms with van der Waals surface area (Å²) in [4.78, 5) is 0. The highest BCUT2D eigenvalue weighted by atomic mass is 35.5. The second-order valence-electron chi connectivity index (χ2n) is 5.50. The van der Waals surface area contributed by atoms with E-state index in [9.17, 15) is 4.57 Å². The first kappa shape index (κ1) is 19.7. The zero-order valence-corrected chi connectivity index (χ0v) is 17.6. The Bertz CT molecular complexity index is 1050. The van der Waals surface area contributed by atoms with Crippen molar-refractivity contribution >= 4 is 63.9 Å². The van der Waals surface area contributed by atoms with Gasteiger partial charge in [-0.15, -0.1) is 0 Å². The van der Waals surface area contributed by atoms with Crippen LogP contribution in [0.4, 0.5) is 0 Å². The summed E-state index contributed by atoms with van der Waals surface area (Å²) in [6.45, 7) is 0.702. The van der Waals surface area contributed by atoms with Crippen molar-refractivity contribution in [2.75, 3.05) is 12.4 Å². The molecule has 0 saturated heterocycles. The molecule has 138 valence electrons. The zero-order chi connectivity index (χ0) is 18.7. The number of hydrogen-bond donors (Lipinski definition) is 0. The molecule has 3 aromatic rings. The first-order chi connectivity index (χ1) is 12.5. The fourth-order valence-corrected chi connectivity index (χ4v) is 6.47. The Morgan fingerprint density at radius 1 is 1.19 bits per heavy atom. The summed E-state index contributed by atoms with van der Waals surface area (Å²) in [7, 11) is 0. The summed E-state index contributed by atoms with van der Waals surface area (Å²) in [5, 5.41) is 1.81. The van der Waals surface area contributed by atoms with E-state index < -0.39 is 6.80 Å². The van der Waals surface area contributed by atoms with E-state index in [2.05, 4.69) is 0 Å². The standard InChI is InChI=1S/C18H18ClO4PS2/c1-3-9-26-24(20,21-4-2)23-17-10-13-16(11-14(17)19)22-15-8-6-5-7-12(15)18(13)25/h5-8,10-11H,3-4,9H2,1-2H3. The molecule has 0 saturated carbocycles. The molecule has 2 aromatic carbocycles. The van der Waals surface area contributed by atoms with Gasteiger partial charge in [0.15, 0.2) is 0 Å². The summed E-state index contributed by atoms with van der Waals surface area (Å²) in [6.07, 6.45) is 0.859. The van der Waals surface area contributed by atoms with Gasteiger partial charge in [-0.3, -0.25) is 4.52 Å². The highest BCUT2D eigenvalue weighted by Crippen LogP contribution is 2.61. The van der Waals surface area contributed by atoms with Crippen molar-refractivity contribution in [2.45, 2.75) is 20.3 Å². The number of halogens is 1. The Morgan fingerprint density at radius 2 is 1.96 bits per heavy atom. The van der Waals surface area contributed by atoms with Crippen molar-refractivity contribution in [1.29, 1.82) is 0 Å². The third-order valence-electron chi connectivity index (χ3n) is 3.58. The van der Waals surface area contributed by atoms with Crippen molar-refractivity contribution in [3.05, 3.63) is 45.9 Å². The van der Waals surface area contributed by atoms with Crippen LogP contribution in [0.2, 0.25) is 5.02 Å². The van der Waals surface area contributed by atoms with E-state index in [1.54, 1.807) is 19.1 Å². The van der Waals surface area contributed by atoms with Crippen LogP contribution in [-0.4, -0.2) is 12.4 Å². The highest BCUT2D eigenvalue weighted by molar-refractivity contribution is 8.55. The van der Waals surface area contributed by atoms with Gasteiger partial charge in [0.1, 0.15) is 16.9 Å². The minimum atomic E-state index is -3.36. The third-order valence-corrected chi connectivity index (χ3v) is 8.25. The van der Waals surface area contributed by atoms with E-state index in [0.717, 1.165) is 11.8 Å². The lowest BCUT2D eigenvalue weighted by Gasteiger charge is -2.18. The molecule has 1 atom stereocenters. The van der Waals surface area contributed by atoms with Crippen LogP contribution >= 0.6 is 42.0 Å². The Balaban J connectivity index is 2.10. The number of rotatable bonds is 7. The first-order valence-electron chi connectivity index (χ1n) is 8.21. The van der Waals surface area contributed by atoms with Crippen LogP contribution in [0.15, 0.2) is 40.8 Å². The average molecular weight is 429 g/mol. The molecule has 1 unspecified atom stereocenters. The topological polar surface area (TPSA) is 48.7 Å². The average Bonchev–Trinajstić information content (AvgIpc) is 2.62. The highest BCUT2D eigenvalue weighted by Gasteiger charge is 2.28. The molecular formula is C18H18ClO4PS2. The SMILES string of the molecule is CCCSP(=O)(OCC)Oc1cc2c(=S)c3ccccc3oc2cc1Cl. The lowest BCUT2D eigenvalue weighted by atomic mass is 10.1. The van der Waals surface area contributed by atoms with E-state index in [1.165, 1.54) is 11.4 Å². The van der Waals surface area contributed by atoms with Gasteiger partial charge in [0.05, 0.1) is 16.1 Å². The van der Waals surface area contributed by atoms with Crippen molar-refractivity contribution in [3.63, 3.8) is 0 Å². The molecule has 0 bridgehead atoms. The maximum atomic E-state index is 12.9. The van der Waals surface area contributed by atoms with Crippen LogP contribution in [0.25, 0.3) is 21.9 Å². The minimum absolute atomic E-state index is 0.274. The minimum Gasteiger partial charge on any atom is -0.456 e. The van der Waals surface area contributed by atoms with E-state index in [-0.39, 0.29) is 12.4 Å². The summed E-state index contributed by atoms with van der Waals surface area (Å²) < 4.78 is 30.6. The van der Waals surface area contributed by atoms with E-state index in [0.29, 0.717) is 31.8 Å². The monoisotopic (exact) mass is 428 g/mol. The van der Waals surface area contributed by atoms with Gasteiger partial charge in [0.2, 0.25) is 0 Å². The Kier molecular flexibility index (Phi) is 6.31. The Hall–Kier alpha value is -1.04. The van der Waals surface area contributed by atoms with Gasteiger partial charge in [-0.25, -0.2) is 4.57 Å². The molecule has 0 spiro atoms. The lowest BCUT2D eigenvalue weighted by molar-refractivity contribution is 0.296. The fraction of sp³-hybridized carbons (Fsp3) is 0.278. The normalized spacial score (nSPS) is 13.8. The van der Waals surface area contributed by atoms with Crippen LogP contribution in [0, 0.1) is 4.51 Å². The first-order valence-corrected chi connectivity index (χ1v) is 12.1. The Labute approximate surface area is 166 Å². The van der Waals surface area contributed by atoms with Gasteiger partial charge in [-0.05, 0) is 42.9 Å². The molecule has 4 nitrogen and oxygen atoms in total. The van der Waals surface area contributed by atoms with Crippen LogP contribution in [0.3, 0.4) is 0 Å². The maximum absolute atomic E-state index is 12.9. The van der Waals surface area contributed by atoms with Gasteiger partial charge in [-0.2, -0.15) is 0 Å². The molecule has 0 fully saturated rings. The number of benzene rings is 2. The third kappa shape index (κ3) is 4.10. The number of fused-ring (bicyclic) bond motifs is 2. The quantitative estimate of drug-likeness (QED) is 0.219. The van der Waals surface area contributed by atoms with E-state index >= 15 is 0 Å². The second-order valence-corrected chi connectivity index (χ2v) is 10.4. The molecule has 0 aliphatic heterocycles. The molecular weight excluding hydrogens is 411 g/mol. The molecule has 0 radical (unpaired) electrons. The van der Waals surface area contributed by atoms with Gasteiger partial charge in [0, 0.05) is 22.6 Å². The largest absolute Gasteiger partial charge is 0.456 e. The molecule has 1 aromatic heterocycles. The van der Waals surface area contributed by atoms with Gasteiger partial charge in [-0.1, -0.05) is 42.9 Å². The summed E-state index contributed by atoms with van der Waals surface area (Å²) in [5.41, 5.74) is 1.24. The molecule has 3 rings (SSSR count). The summed E-state index contributed by atoms with van der Waals surface area (Å²) in [5.74, 6) is 0.936. The molecule has 0 amide bonds.